The van der Waals surface area contributed by atoms with Crippen molar-refractivity contribution in [2.24, 2.45) is 0 Å². The van der Waals surface area contributed by atoms with Gasteiger partial charge in [0.15, 0.2) is 0 Å². The van der Waals surface area contributed by atoms with Crippen LogP contribution in [0.5, 0.6) is 0 Å². The van der Waals surface area contributed by atoms with Gasteiger partial charge < -0.3 is 15.3 Å². The molecule has 5 nitrogen and oxygen atoms in total. The highest BCUT2D eigenvalue weighted by Crippen LogP contribution is 2.30. The summed E-state index contributed by atoms with van der Waals surface area (Å²) in [5.41, 5.74) is 0. The molecule has 0 aromatic heterocycles. The van der Waals surface area contributed by atoms with Crippen LogP contribution in [-0.4, -0.2) is 51.6 Å². The van der Waals surface area contributed by atoms with E-state index in [0.29, 0.717) is 5.75 Å². The molecule has 0 aliphatic carbocycles. The number of nitrogens with zero attached hydrogens (tertiary/aromatic N) is 1. The van der Waals surface area contributed by atoms with Crippen molar-refractivity contribution in [3.05, 3.63) is 0 Å². The molecule has 0 saturated carbocycles. The first-order chi connectivity index (χ1) is 8.11. The molecule has 2 fully saturated rings. The van der Waals surface area contributed by atoms with Gasteiger partial charge in [0.2, 0.25) is 5.91 Å². The summed E-state index contributed by atoms with van der Waals surface area (Å²) in [6, 6.07) is -0.849. The monoisotopic (exact) mass is 258 g/mol. The van der Waals surface area contributed by atoms with Gasteiger partial charge in [-0.2, -0.15) is 0 Å². The minimum absolute atomic E-state index is 0.0349. The Morgan fingerprint density at radius 2 is 2.18 bits per heavy atom. The maximum Gasteiger partial charge on any atom is 0.327 e. The molecule has 0 bridgehead atoms. The lowest BCUT2D eigenvalue weighted by Crippen LogP contribution is -2.54. The van der Waals surface area contributed by atoms with Crippen LogP contribution in [0.15, 0.2) is 0 Å². The molecular formula is C11H18N2O3S. The van der Waals surface area contributed by atoms with E-state index in [1.54, 1.807) is 0 Å². The number of hydrogen-bond acceptors (Lipinski definition) is 4. The van der Waals surface area contributed by atoms with E-state index in [4.69, 9.17) is 5.11 Å². The Bertz CT molecular complexity index is 318. The van der Waals surface area contributed by atoms with E-state index in [1.165, 1.54) is 16.7 Å². The van der Waals surface area contributed by atoms with Gasteiger partial charge in [-0.1, -0.05) is 6.42 Å². The van der Waals surface area contributed by atoms with Gasteiger partial charge in [0, 0.05) is 5.75 Å². The van der Waals surface area contributed by atoms with E-state index >= 15 is 0 Å². The summed E-state index contributed by atoms with van der Waals surface area (Å²) in [6.45, 7) is 2.75. The third-order valence-electron chi connectivity index (χ3n) is 3.37. The summed E-state index contributed by atoms with van der Waals surface area (Å²) < 4.78 is 0. The van der Waals surface area contributed by atoms with E-state index in [-0.39, 0.29) is 17.3 Å². The highest BCUT2D eigenvalue weighted by Gasteiger charge is 2.41. The van der Waals surface area contributed by atoms with E-state index in [1.807, 2.05) is 6.92 Å². The lowest BCUT2D eigenvalue weighted by Gasteiger charge is -2.31. The molecule has 2 heterocycles. The number of nitrogens with one attached hydrogen (secondary N) is 1. The lowest BCUT2D eigenvalue weighted by molar-refractivity contribution is -0.150. The standard InChI is InChI=1S/C11H18N2O3S/c1-7-13(9(6-17-7)11(15)16)10(14)8-4-2-3-5-12-8/h7-9,12H,2-6H2,1H3,(H,15,16)/t7?,8-,9?/m1/s1. The van der Waals surface area contributed by atoms with Gasteiger partial charge >= 0.3 is 5.97 Å². The lowest BCUT2D eigenvalue weighted by atomic mass is 10.0. The number of aliphatic carboxylic acids is 1. The number of thioether (sulfide) groups is 1. The molecule has 2 rings (SSSR count). The number of hydrogen-bond donors (Lipinski definition) is 2. The molecule has 2 aliphatic heterocycles. The number of carboxylic acid groups (broad SMARTS) is 1. The third-order valence-corrected chi connectivity index (χ3v) is 4.59. The molecule has 96 valence electrons. The topological polar surface area (TPSA) is 69.6 Å². The number of amides is 1. The first-order valence-corrected chi connectivity index (χ1v) is 7.06. The molecule has 6 heteroatoms. The molecule has 2 saturated heterocycles. The van der Waals surface area contributed by atoms with Crippen LogP contribution in [0.3, 0.4) is 0 Å². The van der Waals surface area contributed by atoms with Crippen molar-refractivity contribution in [3.8, 4) is 0 Å². The van der Waals surface area contributed by atoms with Crippen LogP contribution in [-0.2, 0) is 9.59 Å². The average molecular weight is 258 g/mol. The summed E-state index contributed by atoms with van der Waals surface area (Å²) in [7, 11) is 0. The molecule has 0 aromatic rings. The smallest absolute Gasteiger partial charge is 0.327 e. The maximum absolute atomic E-state index is 12.3. The van der Waals surface area contributed by atoms with E-state index in [2.05, 4.69) is 5.32 Å². The van der Waals surface area contributed by atoms with Crippen LogP contribution in [0.25, 0.3) is 0 Å². The quantitative estimate of drug-likeness (QED) is 0.755. The normalized spacial score (nSPS) is 33.7. The first kappa shape index (κ1) is 12.7. The fourth-order valence-electron chi connectivity index (χ4n) is 2.41. The first-order valence-electron chi connectivity index (χ1n) is 6.01. The van der Waals surface area contributed by atoms with Crippen molar-refractivity contribution in [2.45, 2.75) is 43.6 Å². The van der Waals surface area contributed by atoms with Crippen LogP contribution in [0, 0.1) is 0 Å². The molecule has 1 amide bonds. The molecule has 3 atom stereocenters. The number of carbonyl (C=O) groups is 2. The van der Waals surface area contributed by atoms with Crippen LogP contribution in [0.4, 0.5) is 0 Å². The molecule has 2 N–H and O–H groups in total. The zero-order chi connectivity index (χ0) is 12.4. The molecule has 17 heavy (non-hydrogen) atoms. The Labute approximate surface area is 105 Å². The van der Waals surface area contributed by atoms with Crippen molar-refractivity contribution < 1.29 is 14.7 Å². The van der Waals surface area contributed by atoms with Gasteiger partial charge in [0.05, 0.1) is 11.4 Å². The van der Waals surface area contributed by atoms with Gasteiger partial charge in [0.25, 0.3) is 0 Å². The van der Waals surface area contributed by atoms with Crippen molar-refractivity contribution in [3.63, 3.8) is 0 Å². The highest BCUT2D eigenvalue weighted by molar-refractivity contribution is 8.00. The second-order valence-corrected chi connectivity index (χ2v) is 5.88. The highest BCUT2D eigenvalue weighted by atomic mass is 32.2. The predicted octanol–water partition coefficient (Wildman–Crippen LogP) is 0.503. The van der Waals surface area contributed by atoms with Crippen LogP contribution < -0.4 is 5.32 Å². The van der Waals surface area contributed by atoms with Crippen molar-refractivity contribution in [1.82, 2.24) is 10.2 Å². The molecule has 2 unspecified atom stereocenters. The number of piperidine rings is 1. The van der Waals surface area contributed by atoms with Gasteiger partial charge in [-0.3, -0.25) is 4.79 Å². The van der Waals surface area contributed by atoms with Crippen LogP contribution in [0.2, 0.25) is 0 Å². The summed E-state index contributed by atoms with van der Waals surface area (Å²) in [5.74, 6) is -0.449. The predicted molar refractivity (Wildman–Crippen MR) is 65.8 cm³/mol. The zero-order valence-corrected chi connectivity index (χ0v) is 10.7. The second-order valence-electron chi connectivity index (χ2n) is 4.53. The Kier molecular flexibility index (Phi) is 3.93. The van der Waals surface area contributed by atoms with Crippen molar-refractivity contribution in [2.75, 3.05) is 12.3 Å². The third kappa shape index (κ3) is 2.57. The Hall–Kier alpha value is -0.750. The molecule has 0 spiro atoms. The SMILES string of the molecule is CC1SCC(C(=O)O)N1C(=O)[C@H]1CCCCN1. The second kappa shape index (κ2) is 5.27. The molecule has 0 radical (unpaired) electrons. The zero-order valence-electron chi connectivity index (χ0n) is 9.89. The van der Waals surface area contributed by atoms with Gasteiger partial charge in [-0.05, 0) is 26.3 Å². The number of rotatable bonds is 2. The van der Waals surface area contributed by atoms with E-state index in [0.717, 1.165) is 25.8 Å². The Morgan fingerprint density at radius 3 is 2.76 bits per heavy atom. The van der Waals surface area contributed by atoms with Crippen molar-refractivity contribution >= 4 is 23.6 Å². The number of carboxylic acids is 1. The molecule has 0 aromatic carbocycles. The minimum atomic E-state index is -0.897. The van der Waals surface area contributed by atoms with E-state index in [9.17, 15) is 9.59 Å². The fourth-order valence-corrected chi connectivity index (χ4v) is 3.59. The summed E-state index contributed by atoms with van der Waals surface area (Å²) in [6.07, 6.45) is 2.95. The van der Waals surface area contributed by atoms with Crippen molar-refractivity contribution in [1.29, 1.82) is 0 Å². The Balaban J connectivity index is 2.07. The van der Waals surface area contributed by atoms with E-state index < -0.39 is 12.0 Å². The fraction of sp³-hybridized carbons (Fsp3) is 0.818. The molecule has 2 aliphatic rings. The summed E-state index contributed by atoms with van der Waals surface area (Å²) >= 11 is 1.53. The van der Waals surface area contributed by atoms with Crippen LogP contribution in [0.1, 0.15) is 26.2 Å². The largest absolute Gasteiger partial charge is 0.480 e. The maximum atomic E-state index is 12.3. The van der Waals surface area contributed by atoms with Gasteiger partial charge in [0.1, 0.15) is 6.04 Å². The van der Waals surface area contributed by atoms with Gasteiger partial charge in [-0.25, -0.2) is 4.79 Å². The summed E-state index contributed by atoms with van der Waals surface area (Å²) in [4.78, 5) is 25.0. The Morgan fingerprint density at radius 1 is 1.41 bits per heavy atom. The van der Waals surface area contributed by atoms with Gasteiger partial charge in [-0.15, -0.1) is 11.8 Å². The molecular weight excluding hydrogens is 240 g/mol. The summed E-state index contributed by atoms with van der Waals surface area (Å²) in [5, 5.41) is 12.3. The van der Waals surface area contributed by atoms with Crippen LogP contribution >= 0.6 is 11.8 Å². The minimum Gasteiger partial charge on any atom is -0.480 e. The number of carbonyl (C=O) groups excluding carboxylic acids is 1. The average Bonchev–Trinajstić information content (AvgIpc) is 2.71.